The third kappa shape index (κ3) is 5.74. The number of halogens is 1. The molecular weight excluding hydrogens is 483 g/mol. The zero-order chi connectivity index (χ0) is 25.5. The van der Waals surface area contributed by atoms with Gasteiger partial charge in [0.05, 0.1) is 23.9 Å². The van der Waals surface area contributed by atoms with Crippen LogP contribution in [0.15, 0.2) is 75.5 Å². The highest BCUT2D eigenvalue weighted by Crippen LogP contribution is 2.28. The molecule has 0 unspecified atom stereocenters. The van der Waals surface area contributed by atoms with E-state index < -0.39 is 0 Å². The standard InChI is InChI=1S/C25H25FN6O3S/c1-3-31(4-2)20-10-7-17(21(33)14-20)15-27-28-23(34)16-36-25-30-29-24(22-6-5-13-35-22)32(25)19-11-8-18(26)9-12-19/h5-15,33H,3-4,16H2,1-2H3,(H,28,34). The summed E-state index contributed by atoms with van der Waals surface area (Å²) in [5.74, 6) is 0.248. The number of hydrazone groups is 1. The van der Waals surface area contributed by atoms with Crippen molar-refractivity contribution in [3.05, 3.63) is 72.2 Å². The number of carbonyl (C=O) groups excluding carboxylic acids is 1. The SMILES string of the molecule is CCN(CC)c1ccc(C=NNC(=O)CSc2nnc(-c3ccco3)n2-c2ccc(F)cc2)c(O)c1. The molecule has 2 aromatic heterocycles. The van der Waals surface area contributed by atoms with Gasteiger partial charge in [0, 0.05) is 30.4 Å². The van der Waals surface area contributed by atoms with Crippen molar-refractivity contribution in [3.8, 4) is 23.0 Å². The highest BCUT2D eigenvalue weighted by atomic mass is 32.2. The smallest absolute Gasteiger partial charge is 0.250 e. The number of rotatable bonds is 10. The molecule has 0 spiro atoms. The summed E-state index contributed by atoms with van der Waals surface area (Å²) < 4.78 is 20.6. The van der Waals surface area contributed by atoms with Crippen molar-refractivity contribution in [1.29, 1.82) is 0 Å². The Morgan fingerprint density at radius 2 is 1.97 bits per heavy atom. The van der Waals surface area contributed by atoms with Crippen LogP contribution in [0, 0.1) is 5.82 Å². The highest BCUT2D eigenvalue weighted by Gasteiger charge is 2.19. The van der Waals surface area contributed by atoms with Gasteiger partial charge in [0.25, 0.3) is 5.91 Å². The van der Waals surface area contributed by atoms with Crippen LogP contribution in [-0.2, 0) is 4.79 Å². The van der Waals surface area contributed by atoms with Crippen LogP contribution in [0.25, 0.3) is 17.3 Å². The first-order chi connectivity index (χ1) is 17.5. The second-order valence-electron chi connectivity index (χ2n) is 7.59. The van der Waals surface area contributed by atoms with Crippen LogP contribution in [-0.4, -0.2) is 50.8 Å². The van der Waals surface area contributed by atoms with Gasteiger partial charge < -0.3 is 14.4 Å². The molecule has 0 saturated heterocycles. The van der Waals surface area contributed by atoms with Crippen LogP contribution >= 0.6 is 11.8 Å². The average Bonchev–Trinajstić information content (AvgIpc) is 3.55. The maximum atomic E-state index is 13.5. The van der Waals surface area contributed by atoms with Crippen molar-refractivity contribution in [1.82, 2.24) is 20.2 Å². The largest absolute Gasteiger partial charge is 0.507 e. The molecule has 4 aromatic rings. The number of aromatic nitrogens is 3. The molecule has 4 rings (SSSR count). The van der Waals surface area contributed by atoms with Crippen LogP contribution in [0.4, 0.5) is 10.1 Å². The molecule has 1 amide bonds. The number of benzene rings is 2. The molecule has 36 heavy (non-hydrogen) atoms. The quantitative estimate of drug-likeness (QED) is 0.185. The second kappa shape index (κ2) is 11.5. The molecule has 2 N–H and O–H groups in total. The Labute approximate surface area is 211 Å². The van der Waals surface area contributed by atoms with E-state index in [1.807, 2.05) is 19.9 Å². The van der Waals surface area contributed by atoms with Gasteiger partial charge in [0.15, 0.2) is 10.9 Å². The van der Waals surface area contributed by atoms with E-state index in [-0.39, 0.29) is 23.2 Å². The van der Waals surface area contributed by atoms with E-state index in [1.54, 1.807) is 41.0 Å². The molecule has 0 aliphatic heterocycles. The Hall–Kier alpha value is -4.12. The molecule has 186 valence electrons. The van der Waals surface area contributed by atoms with Gasteiger partial charge in [-0.1, -0.05) is 11.8 Å². The molecule has 11 heteroatoms. The van der Waals surface area contributed by atoms with Crippen LogP contribution in [0.5, 0.6) is 5.75 Å². The minimum absolute atomic E-state index is 0.00169. The van der Waals surface area contributed by atoms with E-state index in [0.717, 1.165) is 30.5 Å². The molecule has 0 fully saturated rings. The number of hydrogen-bond acceptors (Lipinski definition) is 8. The minimum atomic E-state index is -0.372. The minimum Gasteiger partial charge on any atom is -0.507 e. The van der Waals surface area contributed by atoms with E-state index in [4.69, 9.17) is 4.42 Å². The van der Waals surface area contributed by atoms with Gasteiger partial charge in [0.2, 0.25) is 5.82 Å². The van der Waals surface area contributed by atoms with E-state index in [2.05, 4.69) is 25.6 Å². The highest BCUT2D eigenvalue weighted by molar-refractivity contribution is 7.99. The number of furan rings is 1. The number of phenolic OH excluding ortho intramolecular Hbond substituents is 1. The van der Waals surface area contributed by atoms with Gasteiger partial charge in [-0.25, -0.2) is 9.82 Å². The molecule has 2 aromatic carbocycles. The number of hydrogen-bond donors (Lipinski definition) is 2. The predicted octanol–water partition coefficient (Wildman–Crippen LogP) is 4.46. The lowest BCUT2D eigenvalue weighted by Crippen LogP contribution is -2.21. The molecule has 2 heterocycles. The van der Waals surface area contributed by atoms with Crippen LogP contribution in [0.3, 0.4) is 0 Å². The maximum Gasteiger partial charge on any atom is 0.250 e. The summed E-state index contributed by atoms with van der Waals surface area (Å²) in [5.41, 5.74) is 4.47. The molecular formula is C25H25FN6O3S. The number of anilines is 1. The first kappa shape index (κ1) is 25.0. The van der Waals surface area contributed by atoms with Crippen molar-refractivity contribution >= 4 is 29.6 Å². The van der Waals surface area contributed by atoms with E-state index >= 15 is 0 Å². The maximum absolute atomic E-state index is 13.5. The molecule has 0 bridgehead atoms. The molecule has 0 saturated carbocycles. The van der Waals surface area contributed by atoms with Crippen molar-refractivity contribution in [2.75, 3.05) is 23.7 Å². The summed E-state index contributed by atoms with van der Waals surface area (Å²) in [7, 11) is 0. The fraction of sp³-hybridized carbons (Fsp3) is 0.200. The molecule has 0 atom stereocenters. The Kier molecular flexibility index (Phi) is 8.01. The zero-order valence-electron chi connectivity index (χ0n) is 19.8. The number of aromatic hydroxyl groups is 1. The fourth-order valence-electron chi connectivity index (χ4n) is 3.51. The van der Waals surface area contributed by atoms with Crippen LogP contribution in [0.2, 0.25) is 0 Å². The molecule has 0 radical (unpaired) electrons. The fourth-order valence-corrected chi connectivity index (χ4v) is 4.26. The molecule has 9 nitrogen and oxygen atoms in total. The van der Waals surface area contributed by atoms with Crippen LogP contribution in [0.1, 0.15) is 19.4 Å². The monoisotopic (exact) mass is 508 g/mol. The zero-order valence-corrected chi connectivity index (χ0v) is 20.6. The summed E-state index contributed by atoms with van der Waals surface area (Å²) >= 11 is 1.14. The number of nitrogens with one attached hydrogen (secondary N) is 1. The van der Waals surface area contributed by atoms with Gasteiger partial charge in [-0.3, -0.25) is 9.36 Å². The van der Waals surface area contributed by atoms with Gasteiger partial charge in [0.1, 0.15) is 11.6 Å². The topological polar surface area (TPSA) is 109 Å². The van der Waals surface area contributed by atoms with Gasteiger partial charge in [-0.2, -0.15) is 5.10 Å². The summed E-state index contributed by atoms with van der Waals surface area (Å²) in [5, 5.41) is 23.1. The third-order valence-corrected chi connectivity index (χ3v) is 6.26. The van der Waals surface area contributed by atoms with E-state index in [9.17, 15) is 14.3 Å². The Morgan fingerprint density at radius 3 is 2.64 bits per heavy atom. The van der Waals surface area contributed by atoms with E-state index in [1.165, 1.54) is 24.6 Å². The Balaban J connectivity index is 1.42. The predicted molar refractivity (Wildman–Crippen MR) is 137 cm³/mol. The number of phenols is 1. The first-order valence-corrected chi connectivity index (χ1v) is 12.3. The van der Waals surface area contributed by atoms with Gasteiger partial charge in [-0.05, 0) is 62.4 Å². The first-order valence-electron chi connectivity index (χ1n) is 11.3. The van der Waals surface area contributed by atoms with Crippen molar-refractivity contribution in [2.24, 2.45) is 5.10 Å². The lowest BCUT2D eigenvalue weighted by molar-refractivity contribution is -0.118. The van der Waals surface area contributed by atoms with E-state index in [0.29, 0.717) is 28.0 Å². The third-order valence-electron chi connectivity index (χ3n) is 5.33. The number of amides is 1. The Morgan fingerprint density at radius 1 is 1.19 bits per heavy atom. The second-order valence-corrected chi connectivity index (χ2v) is 8.54. The van der Waals surface area contributed by atoms with Crippen LogP contribution < -0.4 is 10.3 Å². The summed E-state index contributed by atoms with van der Waals surface area (Å²) in [6, 6.07) is 14.6. The van der Waals surface area contributed by atoms with Crippen molar-refractivity contribution in [2.45, 2.75) is 19.0 Å². The summed E-state index contributed by atoms with van der Waals surface area (Å²) in [4.78, 5) is 14.5. The number of nitrogens with zero attached hydrogens (tertiary/aromatic N) is 5. The summed E-state index contributed by atoms with van der Waals surface area (Å²) in [6.45, 7) is 5.75. The Bertz CT molecular complexity index is 1330. The van der Waals surface area contributed by atoms with Gasteiger partial charge in [-0.15, -0.1) is 10.2 Å². The normalized spacial score (nSPS) is 11.2. The number of carbonyl (C=O) groups is 1. The molecule has 0 aliphatic rings. The average molecular weight is 509 g/mol. The summed E-state index contributed by atoms with van der Waals surface area (Å²) in [6.07, 6.45) is 2.91. The van der Waals surface area contributed by atoms with Crippen molar-refractivity contribution < 1.29 is 18.7 Å². The lowest BCUT2D eigenvalue weighted by atomic mass is 10.2. The lowest BCUT2D eigenvalue weighted by Gasteiger charge is -2.21. The molecule has 0 aliphatic carbocycles. The van der Waals surface area contributed by atoms with Crippen molar-refractivity contribution in [3.63, 3.8) is 0 Å². The number of thioether (sulfide) groups is 1. The van der Waals surface area contributed by atoms with Gasteiger partial charge >= 0.3 is 0 Å².